The molecule has 3 N–H and O–H groups in total. The van der Waals surface area contributed by atoms with E-state index in [2.05, 4.69) is 5.32 Å². The van der Waals surface area contributed by atoms with Crippen molar-refractivity contribution in [2.75, 3.05) is 6.61 Å². The zero-order chi connectivity index (χ0) is 12.1. The second-order valence-electron chi connectivity index (χ2n) is 3.71. The Morgan fingerprint density at radius 3 is 2.75 bits per heavy atom. The van der Waals surface area contributed by atoms with Crippen LogP contribution in [-0.2, 0) is 0 Å². The molecule has 0 aromatic heterocycles. The number of phenols is 1. The van der Waals surface area contributed by atoms with Crippen LogP contribution in [0, 0.1) is 6.92 Å². The lowest BCUT2D eigenvalue weighted by molar-refractivity contribution is 0.0914. The molecule has 1 atom stereocenters. The van der Waals surface area contributed by atoms with E-state index in [1.807, 2.05) is 6.92 Å². The molecular formula is C12H17NO3. The van der Waals surface area contributed by atoms with Gasteiger partial charge in [-0.1, -0.05) is 13.0 Å². The van der Waals surface area contributed by atoms with E-state index < -0.39 is 0 Å². The van der Waals surface area contributed by atoms with Crippen LogP contribution in [0.3, 0.4) is 0 Å². The average Bonchev–Trinajstić information content (AvgIpc) is 2.29. The Labute approximate surface area is 94.9 Å². The van der Waals surface area contributed by atoms with Crippen molar-refractivity contribution in [2.24, 2.45) is 0 Å². The van der Waals surface area contributed by atoms with Crippen LogP contribution in [0.5, 0.6) is 5.75 Å². The number of nitrogens with one attached hydrogen (secondary N) is 1. The van der Waals surface area contributed by atoms with Crippen molar-refractivity contribution in [3.05, 3.63) is 29.3 Å². The van der Waals surface area contributed by atoms with Gasteiger partial charge in [-0.25, -0.2) is 0 Å². The molecule has 0 aliphatic rings. The van der Waals surface area contributed by atoms with Gasteiger partial charge in [-0.3, -0.25) is 4.79 Å². The molecule has 1 rings (SSSR count). The first-order valence-corrected chi connectivity index (χ1v) is 5.30. The van der Waals surface area contributed by atoms with Gasteiger partial charge in [0.25, 0.3) is 5.91 Å². The fraction of sp³-hybridized carbons (Fsp3) is 0.417. The monoisotopic (exact) mass is 223 g/mol. The first-order valence-electron chi connectivity index (χ1n) is 5.30. The van der Waals surface area contributed by atoms with Gasteiger partial charge in [-0.05, 0) is 25.5 Å². The second-order valence-corrected chi connectivity index (χ2v) is 3.71. The Morgan fingerprint density at radius 1 is 1.50 bits per heavy atom. The van der Waals surface area contributed by atoms with Gasteiger partial charge in [-0.2, -0.15) is 0 Å². The Bertz CT molecular complexity index is 373. The van der Waals surface area contributed by atoms with Gasteiger partial charge in [0.05, 0.1) is 12.6 Å². The largest absolute Gasteiger partial charge is 0.508 e. The third kappa shape index (κ3) is 2.73. The van der Waals surface area contributed by atoms with Crippen LogP contribution >= 0.6 is 0 Å². The highest BCUT2D eigenvalue weighted by Gasteiger charge is 2.14. The second kappa shape index (κ2) is 5.51. The molecule has 88 valence electrons. The quantitative estimate of drug-likeness (QED) is 0.718. The van der Waals surface area contributed by atoms with Crippen molar-refractivity contribution in [1.82, 2.24) is 5.32 Å². The third-order valence-electron chi connectivity index (χ3n) is 2.60. The summed E-state index contributed by atoms with van der Waals surface area (Å²) >= 11 is 0. The smallest absolute Gasteiger partial charge is 0.251 e. The molecule has 4 nitrogen and oxygen atoms in total. The van der Waals surface area contributed by atoms with E-state index >= 15 is 0 Å². The van der Waals surface area contributed by atoms with Gasteiger partial charge in [-0.15, -0.1) is 0 Å². The minimum atomic E-state index is -0.269. The molecule has 0 unspecified atom stereocenters. The van der Waals surface area contributed by atoms with E-state index in [0.29, 0.717) is 17.5 Å². The molecule has 0 bridgehead atoms. The Kier molecular flexibility index (Phi) is 4.31. The molecule has 0 fully saturated rings. The maximum Gasteiger partial charge on any atom is 0.251 e. The Hall–Kier alpha value is -1.55. The molecule has 4 heteroatoms. The van der Waals surface area contributed by atoms with Crippen molar-refractivity contribution in [1.29, 1.82) is 0 Å². The number of aliphatic hydroxyl groups is 1. The summed E-state index contributed by atoms with van der Waals surface area (Å²) in [6, 6.07) is 4.57. The fourth-order valence-electron chi connectivity index (χ4n) is 1.41. The molecule has 1 aromatic rings. The van der Waals surface area contributed by atoms with E-state index in [-0.39, 0.29) is 24.3 Å². The molecule has 0 saturated heterocycles. The highest BCUT2D eigenvalue weighted by molar-refractivity contribution is 5.96. The number of hydrogen-bond acceptors (Lipinski definition) is 3. The topological polar surface area (TPSA) is 69.6 Å². The van der Waals surface area contributed by atoms with Crippen LogP contribution in [0.4, 0.5) is 0 Å². The van der Waals surface area contributed by atoms with Crippen LogP contribution in [-0.4, -0.2) is 28.8 Å². The van der Waals surface area contributed by atoms with E-state index in [1.54, 1.807) is 19.1 Å². The summed E-state index contributed by atoms with van der Waals surface area (Å²) in [6.07, 6.45) is 0.667. The van der Waals surface area contributed by atoms with Crippen molar-refractivity contribution >= 4 is 5.91 Å². The first kappa shape index (κ1) is 12.5. The van der Waals surface area contributed by atoms with E-state index in [4.69, 9.17) is 5.11 Å². The molecule has 0 spiro atoms. The van der Waals surface area contributed by atoms with Gasteiger partial charge in [0.2, 0.25) is 0 Å². The summed E-state index contributed by atoms with van der Waals surface area (Å²) in [5.41, 5.74) is 0.986. The number of amides is 1. The summed E-state index contributed by atoms with van der Waals surface area (Å²) < 4.78 is 0. The maximum atomic E-state index is 11.8. The number of benzene rings is 1. The highest BCUT2D eigenvalue weighted by atomic mass is 16.3. The van der Waals surface area contributed by atoms with E-state index in [0.717, 1.165) is 0 Å². The van der Waals surface area contributed by atoms with Gasteiger partial charge >= 0.3 is 0 Å². The third-order valence-corrected chi connectivity index (χ3v) is 2.60. The van der Waals surface area contributed by atoms with Gasteiger partial charge < -0.3 is 15.5 Å². The predicted molar refractivity (Wildman–Crippen MR) is 61.5 cm³/mol. The minimum Gasteiger partial charge on any atom is -0.508 e. The molecular weight excluding hydrogens is 206 g/mol. The summed E-state index contributed by atoms with van der Waals surface area (Å²) in [6.45, 7) is 3.49. The molecule has 0 heterocycles. The Morgan fingerprint density at radius 2 is 2.19 bits per heavy atom. The summed E-state index contributed by atoms with van der Waals surface area (Å²) in [5, 5.41) is 21.2. The lowest BCUT2D eigenvalue weighted by Crippen LogP contribution is -2.37. The normalized spacial score (nSPS) is 12.2. The van der Waals surface area contributed by atoms with E-state index in [1.165, 1.54) is 6.07 Å². The lowest BCUT2D eigenvalue weighted by atomic mass is 10.1. The van der Waals surface area contributed by atoms with Crippen molar-refractivity contribution in [3.63, 3.8) is 0 Å². The number of rotatable bonds is 4. The number of hydrogen-bond donors (Lipinski definition) is 3. The minimum absolute atomic E-state index is 0.0832. The van der Waals surface area contributed by atoms with Crippen LogP contribution in [0.25, 0.3) is 0 Å². The van der Waals surface area contributed by atoms with E-state index in [9.17, 15) is 9.90 Å². The van der Waals surface area contributed by atoms with Crippen LogP contribution in [0.15, 0.2) is 18.2 Å². The molecule has 16 heavy (non-hydrogen) atoms. The summed E-state index contributed by atoms with van der Waals surface area (Å²) in [5.74, 6) is -0.168. The number of phenolic OH excluding ortho intramolecular Hbond substituents is 1. The summed E-state index contributed by atoms with van der Waals surface area (Å²) in [7, 11) is 0. The average molecular weight is 223 g/mol. The SMILES string of the molecule is CC[C@H](CO)NC(=O)c1cccc(O)c1C. The van der Waals surface area contributed by atoms with Gasteiger partial charge in [0.1, 0.15) is 5.75 Å². The zero-order valence-corrected chi connectivity index (χ0v) is 9.53. The molecule has 0 radical (unpaired) electrons. The van der Waals surface area contributed by atoms with Crippen LogP contribution in [0.2, 0.25) is 0 Å². The Balaban J connectivity index is 2.84. The standard InChI is InChI=1S/C12H17NO3/c1-3-9(7-14)13-12(16)10-5-4-6-11(15)8(10)2/h4-6,9,14-15H,3,7H2,1-2H3,(H,13,16)/t9-/m1/s1. The fourth-order valence-corrected chi connectivity index (χ4v) is 1.41. The molecule has 0 aliphatic heterocycles. The molecule has 1 amide bonds. The molecule has 0 aliphatic carbocycles. The zero-order valence-electron chi connectivity index (χ0n) is 9.53. The maximum absolute atomic E-state index is 11.8. The van der Waals surface area contributed by atoms with Gasteiger partial charge in [0, 0.05) is 11.1 Å². The van der Waals surface area contributed by atoms with Crippen molar-refractivity contribution in [3.8, 4) is 5.75 Å². The van der Waals surface area contributed by atoms with Crippen molar-refractivity contribution in [2.45, 2.75) is 26.3 Å². The molecule has 1 aromatic carbocycles. The van der Waals surface area contributed by atoms with Gasteiger partial charge in [0.15, 0.2) is 0 Å². The number of aromatic hydroxyl groups is 1. The van der Waals surface area contributed by atoms with Crippen molar-refractivity contribution < 1.29 is 15.0 Å². The highest BCUT2D eigenvalue weighted by Crippen LogP contribution is 2.19. The summed E-state index contributed by atoms with van der Waals surface area (Å²) in [4.78, 5) is 11.8. The lowest BCUT2D eigenvalue weighted by Gasteiger charge is -2.15. The van der Waals surface area contributed by atoms with Crippen LogP contribution in [0.1, 0.15) is 29.3 Å². The number of carbonyl (C=O) groups is 1. The predicted octanol–water partition coefficient (Wildman–Crippen LogP) is 1.20. The number of carbonyl (C=O) groups excluding carboxylic acids is 1. The first-order chi connectivity index (χ1) is 7.60. The number of aliphatic hydroxyl groups excluding tert-OH is 1. The van der Waals surface area contributed by atoms with Crippen LogP contribution < -0.4 is 5.32 Å². The molecule has 0 saturated carbocycles.